The van der Waals surface area contributed by atoms with Crippen molar-refractivity contribution in [3.8, 4) is 22.0 Å². The van der Waals surface area contributed by atoms with Gasteiger partial charge in [-0.1, -0.05) is 36.4 Å². The van der Waals surface area contributed by atoms with Gasteiger partial charge in [0, 0.05) is 0 Å². The maximum Gasteiger partial charge on any atom is 0.288 e. The number of carbonyl (C=O) groups is 2. The number of nitrogens with zero attached hydrogens (tertiary/aromatic N) is 2. The van der Waals surface area contributed by atoms with Gasteiger partial charge in [0.1, 0.15) is 17.1 Å². The van der Waals surface area contributed by atoms with E-state index in [1.165, 1.54) is 28.2 Å². The van der Waals surface area contributed by atoms with E-state index >= 15 is 0 Å². The molecule has 0 unspecified atom stereocenters. The lowest BCUT2D eigenvalue weighted by Gasteiger charge is -2.10. The summed E-state index contributed by atoms with van der Waals surface area (Å²) < 4.78 is 1.52. The van der Waals surface area contributed by atoms with Crippen molar-refractivity contribution in [3.63, 3.8) is 0 Å². The minimum Gasteiger partial charge on any atom is -0.507 e. The molecule has 8 heteroatoms. The number of phenols is 1. The van der Waals surface area contributed by atoms with E-state index in [1.54, 1.807) is 18.2 Å². The topological polar surface area (TPSA) is 96.3 Å². The summed E-state index contributed by atoms with van der Waals surface area (Å²) in [4.78, 5) is 26.0. The highest BCUT2D eigenvalue weighted by Crippen LogP contribution is 2.25. The summed E-state index contributed by atoms with van der Waals surface area (Å²) in [6, 6.07) is 20.8. The van der Waals surface area contributed by atoms with Gasteiger partial charge >= 0.3 is 0 Å². The van der Waals surface area contributed by atoms with Gasteiger partial charge in [-0.05, 0) is 41.8 Å². The molecule has 0 aliphatic carbocycles. The molecule has 7 nitrogen and oxygen atoms in total. The Morgan fingerprint density at radius 1 is 0.897 bits per heavy atom. The summed E-state index contributed by atoms with van der Waals surface area (Å²) >= 11 is 1.52. The highest BCUT2D eigenvalue weighted by Gasteiger charge is 2.19. The number of amides is 2. The standard InChI is InChI=1S/C21H16N4O3S/c26-18-10-5-4-9-15(18)20(27)22-23-21(28)17-13-16(19-11-6-12-29-19)24-25(17)14-7-2-1-3-8-14/h1-13,26H,(H,22,27)(H,23,28). The molecule has 4 aromatic rings. The van der Waals surface area contributed by atoms with Gasteiger partial charge in [-0.15, -0.1) is 11.3 Å². The molecule has 3 N–H and O–H groups in total. The molecule has 2 aromatic heterocycles. The van der Waals surface area contributed by atoms with Crippen LogP contribution >= 0.6 is 11.3 Å². The summed E-state index contributed by atoms with van der Waals surface area (Å²) in [7, 11) is 0. The van der Waals surface area contributed by atoms with E-state index < -0.39 is 11.8 Å². The Kier molecular flexibility index (Phi) is 5.08. The number of carbonyl (C=O) groups excluding carboxylic acids is 2. The van der Waals surface area contributed by atoms with Crippen LogP contribution in [0, 0.1) is 0 Å². The molecule has 2 heterocycles. The van der Waals surface area contributed by atoms with Crippen LogP contribution in [0.1, 0.15) is 20.8 Å². The Morgan fingerprint density at radius 2 is 1.62 bits per heavy atom. The third kappa shape index (κ3) is 3.87. The average molecular weight is 404 g/mol. The van der Waals surface area contributed by atoms with Crippen molar-refractivity contribution in [1.82, 2.24) is 20.6 Å². The summed E-state index contributed by atoms with van der Waals surface area (Å²) in [5, 5.41) is 16.3. The van der Waals surface area contributed by atoms with E-state index in [9.17, 15) is 14.7 Å². The molecule has 0 atom stereocenters. The first kappa shape index (κ1) is 18.5. The predicted molar refractivity (Wildman–Crippen MR) is 110 cm³/mol. The summed E-state index contributed by atoms with van der Waals surface area (Å²) in [5.74, 6) is -1.33. The molecular formula is C21H16N4O3S. The highest BCUT2D eigenvalue weighted by atomic mass is 32.1. The minimum absolute atomic E-state index is 0.0589. The van der Waals surface area contributed by atoms with Crippen molar-refractivity contribution in [1.29, 1.82) is 0 Å². The van der Waals surface area contributed by atoms with Crippen LogP contribution in [0.4, 0.5) is 0 Å². The van der Waals surface area contributed by atoms with Gasteiger partial charge in [0.25, 0.3) is 11.8 Å². The number of nitrogens with one attached hydrogen (secondary N) is 2. The van der Waals surface area contributed by atoms with Crippen molar-refractivity contribution in [2.24, 2.45) is 0 Å². The second-order valence-corrected chi connectivity index (χ2v) is 7.01. The normalized spacial score (nSPS) is 10.5. The van der Waals surface area contributed by atoms with Gasteiger partial charge in [-0.2, -0.15) is 5.10 Å². The Balaban J connectivity index is 1.60. The van der Waals surface area contributed by atoms with Crippen molar-refractivity contribution in [3.05, 3.63) is 89.4 Å². The molecule has 2 aromatic carbocycles. The molecule has 0 saturated carbocycles. The second kappa shape index (κ2) is 7.99. The van der Waals surface area contributed by atoms with Crippen LogP contribution in [0.5, 0.6) is 5.75 Å². The van der Waals surface area contributed by atoms with Crippen molar-refractivity contribution in [2.45, 2.75) is 0 Å². The molecule has 2 amide bonds. The summed E-state index contributed by atoms with van der Waals surface area (Å²) in [6.07, 6.45) is 0. The van der Waals surface area contributed by atoms with E-state index in [0.29, 0.717) is 11.4 Å². The third-order valence-corrected chi connectivity index (χ3v) is 5.05. The number of hydrogen-bond acceptors (Lipinski definition) is 5. The van der Waals surface area contributed by atoms with E-state index in [2.05, 4.69) is 16.0 Å². The molecular weight excluding hydrogens is 388 g/mol. The lowest BCUT2D eigenvalue weighted by atomic mass is 10.2. The number of benzene rings is 2. The van der Waals surface area contributed by atoms with E-state index in [4.69, 9.17) is 0 Å². The predicted octanol–water partition coefficient (Wildman–Crippen LogP) is 3.38. The molecule has 29 heavy (non-hydrogen) atoms. The first-order valence-electron chi connectivity index (χ1n) is 8.71. The smallest absolute Gasteiger partial charge is 0.288 e. The largest absolute Gasteiger partial charge is 0.507 e. The zero-order chi connectivity index (χ0) is 20.2. The van der Waals surface area contributed by atoms with Crippen LogP contribution in [-0.2, 0) is 0 Å². The van der Waals surface area contributed by atoms with Crippen LogP contribution in [0.15, 0.2) is 78.2 Å². The average Bonchev–Trinajstić information content (AvgIpc) is 3.42. The number of aromatic hydroxyl groups is 1. The Hall–Kier alpha value is -3.91. The number of thiophene rings is 1. The fourth-order valence-corrected chi connectivity index (χ4v) is 3.45. The number of para-hydroxylation sites is 2. The maximum absolute atomic E-state index is 12.8. The summed E-state index contributed by atoms with van der Waals surface area (Å²) in [5.41, 5.74) is 6.40. The van der Waals surface area contributed by atoms with Crippen molar-refractivity contribution < 1.29 is 14.7 Å². The number of hydrazine groups is 1. The van der Waals surface area contributed by atoms with Gasteiger partial charge in [-0.25, -0.2) is 4.68 Å². The SMILES string of the molecule is O=C(NNC(=O)c1cc(-c2cccs2)nn1-c1ccccc1)c1ccccc1O. The van der Waals surface area contributed by atoms with Gasteiger partial charge in [0.2, 0.25) is 0 Å². The first-order valence-corrected chi connectivity index (χ1v) is 9.59. The van der Waals surface area contributed by atoms with Crippen LogP contribution < -0.4 is 10.9 Å². The number of aromatic nitrogens is 2. The van der Waals surface area contributed by atoms with Crippen molar-refractivity contribution >= 4 is 23.2 Å². The quantitative estimate of drug-likeness (QED) is 0.454. The zero-order valence-electron chi connectivity index (χ0n) is 15.1. The minimum atomic E-state index is -0.624. The number of rotatable bonds is 4. The summed E-state index contributed by atoms with van der Waals surface area (Å²) in [6.45, 7) is 0. The van der Waals surface area contributed by atoms with Gasteiger partial charge < -0.3 is 5.11 Å². The Labute approximate surface area is 170 Å². The molecule has 0 bridgehead atoms. The molecule has 0 fully saturated rings. The van der Waals surface area contributed by atoms with E-state index in [-0.39, 0.29) is 17.0 Å². The van der Waals surface area contributed by atoms with Crippen LogP contribution in [0.25, 0.3) is 16.3 Å². The fourth-order valence-electron chi connectivity index (χ4n) is 2.76. The molecule has 0 aliphatic heterocycles. The molecule has 0 saturated heterocycles. The van der Waals surface area contributed by atoms with Gasteiger partial charge in [0.05, 0.1) is 16.1 Å². The number of phenolic OH excluding ortho intramolecular Hbond substituents is 1. The fraction of sp³-hybridized carbons (Fsp3) is 0. The monoisotopic (exact) mass is 404 g/mol. The molecule has 4 rings (SSSR count). The van der Waals surface area contributed by atoms with Gasteiger partial charge in [-0.3, -0.25) is 20.4 Å². The Bertz CT molecular complexity index is 1150. The zero-order valence-corrected chi connectivity index (χ0v) is 15.9. The second-order valence-electron chi connectivity index (χ2n) is 6.06. The lowest BCUT2D eigenvalue weighted by molar-refractivity contribution is 0.0840. The van der Waals surface area contributed by atoms with E-state index in [1.807, 2.05) is 47.8 Å². The lowest BCUT2D eigenvalue weighted by Crippen LogP contribution is -2.42. The first-order chi connectivity index (χ1) is 14.1. The highest BCUT2D eigenvalue weighted by molar-refractivity contribution is 7.13. The van der Waals surface area contributed by atoms with Crippen LogP contribution in [0.2, 0.25) is 0 Å². The van der Waals surface area contributed by atoms with Crippen LogP contribution in [-0.4, -0.2) is 26.7 Å². The maximum atomic E-state index is 12.8. The number of hydrogen-bond donors (Lipinski definition) is 3. The molecule has 144 valence electrons. The molecule has 0 spiro atoms. The molecule has 0 aliphatic rings. The van der Waals surface area contributed by atoms with E-state index in [0.717, 1.165) is 4.88 Å². The Morgan fingerprint density at radius 3 is 2.34 bits per heavy atom. The molecule has 0 radical (unpaired) electrons. The van der Waals surface area contributed by atoms with Crippen molar-refractivity contribution in [2.75, 3.05) is 0 Å². The van der Waals surface area contributed by atoms with Crippen LogP contribution in [0.3, 0.4) is 0 Å². The third-order valence-electron chi connectivity index (χ3n) is 4.15. The van der Waals surface area contributed by atoms with Gasteiger partial charge in [0.15, 0.2) is 0 Å².